The zero-order valence-electron chi connectivity index (χ0n) is 14.3. The van der Waals surface area contributed by atoms with Gasteiger partial charge in [0.25, 0.3) is 0 Å². The molecule has 124 valence electrons. The highest BCUT2D eigenvalue weighted by molar-refractivity contribution is 5.68. The summed E-state index contributed by atoms with van der Waals surface area (Å²) < 4.78 is 11.2. The first kappa shape index (κ1) is 18.2. The normalized spacial score (nSPS) is 17.3. The first-order valence-corrected chi connectivity index (χ1v) is 8.08. The van der Waals surface area contributed by atoms with Gasteiger partial charge in [0, 0.05) is 19.6 Å². The molecule has 1 amide bonds. The highest BCUT2D eigenvalue weighted by atomic mass is 16.6. The van der Waals surface area contributed by atoms with Crippen molar-refractivity contribution in [1.29, 1.82) is 0 Å². The van der Waals surface area contributed by atoms with Crippen LogP contribution in [0.4, 0.5) is 4.79 Å². The number of likely N-dealkylation sites (tertiary alicyclic amines) is 1. The summed E-state index contributed by atoms with van der Waals surface area (Å²) in [5, 5.41) is 3.37. The quantitative estimate of drug-likeness (QED) is 0.766. The molecule has 0 aromatic carbocycles. The molecule has 0 aliphatic carbocycles. The van der Waals surface area contributed by atoms with Gasteiger partial charge in [-0.3, -0.25) is 0 Å². The molecule has 0 radical (unpaired) electrons. The number of rotatable bonds is 6. The topological polar surface area (TPSA) is 50.8 Å². The molecule has 0 aromatic heterocycles. The molecule has 21 heavy (non-hydrogen) atoms. The van der Waals surface area contributed by atoms with Crippen LogP contribution in [0.15, 0.2) is 0 Å². The number of hydrogen-bond acceptors (Lipinski definition) is 4. The number of hydrogen-bond donors (Lipinski definition) is 1. The molecule has 1 aliphatic heterocycles. The van der Waals surface area contributed by atoms with Gasteiger partial charge >= 0.3 is 6.09 Å². The fourth-order valence-electron chi connectivity index (χ4n) is 2.22. The van der Waals surface area contributed by atoms with Gasteiger partial charge in [-0.1, -0.05) is 13.8 Å². The van der Waals surface area contributed by atoms with Crippen molar-refractivity contribution in [3.8, 4) is 0 Å². The van der Waals surface area contributed by atoms with Gasteiger partial charge in [-0.25, -0.2) is 4.79 Å². The number of ether oxygens (including phenoxy) is 2. The van der Waals surface area contributed by atoms with Gasteiger partial charge in [-0.15, -0.1) is 0 Å². The summed E-state index contributed by atoms with van der Waals surface area (Å²) in [5.74, 6) is 0.669. The largest absolute Gasteiger partial charge is 0.444 e. The Balaban J connectivity index is 2.13. The van der Waals surface area contributed by atoms with E-state index in [1.54, 1.807) is 4.90 Å². The van der Waals surface area contributed by atoms with Crippen LogP contribution in [0.3, 0.4) is 0 Å². The lowest BCUT2D eigenvalue weighted by Gasteiger charge is -2.33. The van der Waals surface area contributed by atoms with Gasteiger partial charge in [0.05, 0.1) is 12.7 Å². The highest BCUT2D eigenvalue weighted by Crippen LogP contribution is 2.17. The predicted octanol–water partition coefficient (Wildman–Crippen LogP) is 2.65. The van der Waals surface area contributed by atoms with Crippen LogP contribution in [-0.2, 0) is 9.47 Å². The first-order chi connectivity index (χ1) is 9.78. The molecule has 1 rings (SSSR count). The Kier molecular flexibility index (Phi) is 7.46. The van der Waals surface area contributed by atoms with E-state index in [-0.39, 0.29) is 12.2 Å². The highest BCUT2D eigenvalue weighted by Gasteiger charge is 2.26. The number of piperidine rings is 1. The van der Waals surface area contributed by atoms with Crippen LogP contribution in [0.1, 0.15) is 47.5 Å². The smallest absolute Gasteiger partial charge is 0.410 e. The van der Waals surface area contributed by atoms with Gasteiger partial charge < -0.3 is 19.7 Å². The zero-order chi connectivity index (χ0) is 15.9. The second-order valence-electron chi connectivity index (χ2n) is 7.14. The lowest BCUT2D eigenvalue weighted by molar-refractivity contribution is -0.0105. The van der Waals surface area contributed by atoms with Crippen LogP contribution in [0.25, 0.3) is 0 Å². The van der Waals surface area contributed by atoms with E-state index in [0.717, 1.165) is 45.6 Å². The third-order valence-corrected chi connectivity index (χ3v) is 3.28. The van der Waals surface area contributed by atoms with Gasteiger partial charge in [0.1, 0.15) is 5.60 Å². The minimum Gasteiger partial charge on any atom is -0.444 e. The Hall–Kier alpha value is -0.810. The Morgan fingerprint density at radius 1 is 1.29 bits per heavy atom. The van der Waals surface area contributed by atoms with Crippen LogP contribution in [-0.4, -0.2) is 55.5 Å². The minimum atomic E-state index is -0.424. The molecule has 1 N–H and O–H groups in total. The standard InChI is InChI=1S/C16H32N2O3/c1-13(2)12-17-8-11-20-14-6-9-18(10-7-14)15(19)21-16(3,4)5/h13-14,17H,6-12H2,1-5H3. The van der Waals surface area contributed by atoms with Crippen molar-refractivity contribution in [2.45, 2.75) is 59.2 Å². The van der Waals surface area contributed by atoms with Crippen molar-refractivity contribution in [3.05, 3.63) is 0 Å². The van der Waals surface area contributed by atoms with Crippen molar-refractivity contribution in [1.82, 2.24) is 10.2 Å². The lowest BCUT2D eigenvalue weighted by atomic mass is 10.1. The molecule has 1 heterocycles. The molecule has 0 spiro atoms. The number of nitrogens with one attached hydrogen (secondary N) is 1. The van der Waals surface area contributed by atoms with Crippen molar-refractivity contribution in [2.75, 3.05) is 32.8 Å². The van der Waals surface area contributed by atoms with E-state index in [1.807, 2.05) is 20.8 Å². The average molecular weight is 300 g/mol. The van der Waals surface area contributed by atoms with Crippen LogP contribution in [0.2, 0.25) is 0 Å². The van der Waals surface area contributed by atoms with E-state index in [0.29, 0.717) is 5.92 Å². The van der Waals surface area contributed by atoms with Gasteiger partial charge in [0.2, 0.25) is 0 Å². The van der Waals surface area contributed by atoms with E-state index in [1.165, 1.54) is 0 Å². The molecule has 0 atom stereocenters. The van der Waals surface area contributed by atoms with Crippen molar-refractivity contribution >= 4 is 6.09 Å². The van der Waals surface area contributed by atoms with Gasteiger partial charge in [-0.05, 0) is 46.1 Å². The molecular formula is C16H32N2O3. The summed E-state index contributed by atoms with van der Waals surface area (Å²) in [7, 11) is 0. The summed E-state index contributed by atoms with van der Waals surface area (Å²) in [6.07, 6.45) is 1.84. The SMILES string of the molecule is CC(C)CNCCOC1CCN(C(=O)OC(C)(C)C)CC1. The van der Waals surface area contributed by atoms with Crippen LogP contribution < -0.4 is 5.32 Å². The number of carbonyl (C=O) groups is 1. The molecule has 1 saturated heterocycles. The summed E-state index contributed by atoms with van der Waals surface area (Å²) >= 11 is 0. The van der Waals surface area contributed by atoms with Crippen LogP contribution >= 0.6 is 0 Å². The molecule has 0 aromatic rings. The van der Waals surface area contributed by atoms with E-state index in [9.17, 15) is 4.79 Å². The van der Waals surface area contributed by atoms with Crippen LogP contribution in [0.5, 0.6) is 0 Å². The third kappa shape index (κ3) is 8.27. The first-order valence-electron chi connectivity index (χ1n) is 8.08. The van der Waals surface area contributed by atoms with E-state index < -0.39 is 5.60 Å². The lowest BCUT2D eigenvalue weighted by Crippen LogP contribution is -2.43. The Morgan fingerprint density at radius 2 is 1.90 bits per heavy atom. The van der Waals surface area contributed by atoms with Crippen LogP contribution in [0, 0.1) is 5.92 Å². The van der Waals surface area contributed by atoms with Gasteiger partial charge in [0.15, 0.2) is 0 Å². The fourth-order valence-corrected chi connectivity index (χ4v) is 2.22. The zero-order valence-corrected chi connectivity index (χ0v) is 14.3. The summed E-state index contributed by atoms with van der Waals surface area (Å²) in [5.41, 5.74) is -0.424. The van der Waals surface area contributed by atoms with Crippen molar-refractivity contribution < 1.29 is 14.3 Å². The molecule has 0 unspecified atom stereocenters. The van der Waals surface area contributed by atoms with Crippen molar-refractivity contribution in [3.63, 3.8) is 0 Å². The molecule has 5 nitrogen and oxygen atoms in total. The average Bonchev–Trinajstić information content (AvgIpc) is 2.36. The van der Waals surface area contributed by atoms with Gasteiger partial charge in [-0.2, -0.15) is 0 Å². The summed E-state index contributed by atoms with van der Waals surface area (Å²) in [4.78, 5) is 13.7. The summed E-state index contributed by atoms with van der Waals surface area (Å²) in [6, 6.07) is 0. The Morgan fingerprint density at radius 3 is 2.43 bits per heavy atom. The minimum absolute atomic E-state index is 0.209. The molecule has 0 bridgehead atoms. The molecule has 5 heteroatoms. The second-order valence-corrected chi connectivity index (χ2v) is 7.14. The Bertz CT molecular complexity index is 305. The number of amides is 1. The maximum absolute atomic E-state index is 11.9. The van der Waals surface area contributed by atoms with E-state index in [2.05, 4.69) is 19.2 Å². The maximum atomic E-state index is 11.9. The maximum Gasteiger partial charge on any atom is 0.410 e. The molecule has 1 aliphatic rings. The monoisotopic (exact) mass is 300 g/mol. The number of carbonyl (C=O) groups excluding carboxylic acids is 1. The summed E-state index contributed by atoms with van der Waals surface area (Å²) in [6.45, 7) is 14.2. The van der Waals surface area contributed by atoms with E-state index >= 15 is 0 Å². The fraction of sp³-hybridized carbons (Fsp3) is 0.938. The molecule has 1 fully saturated rings. The third-order valence-electron chi connectivity index (χ3n) is 3.28. The Labute approximate surface area is 129 Å². The molecular weight excluding hydrogens is 268 g/mol. The predicted molar refractivity (Wildman–Crippen MR) is 84.5 cm³/mol. The second kappa shape index (κ2) is 8.59. The van der Waals surface area contributed by atoms with E-state index in [4.69, 9.17) is 9.47 Å². The number of nitrogens with zero attached hydrogens (tertiary/aromatic N) is 1. The van der Waals surface area contributed by atoms with Crippen molar-refractivity contribution in [2.24, 2.45) is 5.92 Å². The molecule has 0 saturated carbocycles.